The van der Waals surface area contributed by atoms with Gasteiger partial charge in [-0.25, -0.2) is 0 Å². The van der Waals surface area contributed by atoms with Crippen molar-refractivity contribution >= 4 is 38.4 Å². The standard InChI is InChI=1S/C39H43BrClN7O5/c1-39(24-49,25-50)45-17-29-12-34(41)37(13-36(29)52-22-27-11-26(14-42)15-43-16-27)53-23-28-5-4-6-31(38(28)40)32-18-44-20-35-33(32)19-46-48(35)9-3-2-8-47-10-7-30(51)21-47/h4-6,11-13,15-16,18-20,30,45,49-51H,2-3,7-10,17,21-25H2,1H3/t30-/m1/s1. The Hall–Kier alpha value is -4.13. The lowest BCUT2D eigenvalue weighted by Gasteiger charge is -2.27. The number of hydrogen-bond donors (Lipinski definition) is 4. The normalized spacial score (nSPS) is 14.8. The molecule has 1 atom stereocenters. The van der Waals surface area contributed by atoms with E-state index in [1.54, 1.807) is 31.3 Å². The third-order valence-electron chi connectivity index (χ3n) is 9.50. The summed E-state index contributed by atoms with van der Waals surface area (Å²) in [6, 6.07) is 13.3. The van der Waals surface area contributed by atoms with Gasteiger partial charge in [0, 0.05) is 82.9 Å². The number of pyridine rings is 2. The highest BCUT2D eigenvalue weighted by molar-refractivity contribution is 9.10. The number of nitrogens with zero attached hydrogens (tertiary/aromatic N) is 6. The molecule has 0 saturated carbocycles. The maximum atomic E-state index is 9.80. The topological polar surface area (TPSA) is 162 Å². The maximum absolute atomic E-state index is 9.80. The molecule has 6 rings (SSSR count). The SMILES string of the molecule is CC(CO)(CO)NCc1cc(Cl)c(OCc2cccc(-c3cncc4c3cnn4CCCCN3CC[C@@H](O)C3)c2Br)cc1OCc1cncc(C#N)c1. The first-order valence-electron chi connectivity index (χ1n) is 17.6. The average molecular weight is 805 g/mol. The highest BCUT2D eigenvalue weighted by Crippen LogP contribution is 2.38. The summed E-state index contributed by atoms with van der Waals surface area (Å²) in [5.41, 5.74) is 4.68. The number of aliphatic hydroxyl groups excluding tert-OH is 3. The monoisotopic (exact) mass is 803 g/mol. The van der Waals surface area contributed by atoms with Crippen LogP contribution in [0.3, 0.4) is 0 Å². The lowest BCUT2D eigenvalue weighted by Crippen LogP contribution is -2.48. The number of nitrogens with one attached hydrogen (secondary N) is 1. The third kappa shape index (κ3) is 9.52. The van der Waals surface area contributed by atoms with E-state index in [1.807, 2.05) is 41.5 Å². The van der Waals surface area contributed by atoms with Crippen molar-refractivity contribution in [3.63, 3.8) is 0 Å². The van der Waals surface area contributed by atoms with Gasteiger partial charge in [0.05, 0.1) is 53.4 Å². The van der Waals surface area contributed by atoms with Gasteiger partial charge in [0.15, 0.2) is 0 Å². The summed E-state index contributed by atoms with van der Waals surface area (Å²) in [6.45, 7) is 5.24. The van der Waals surface area contributed by atoms with Crippen molar-refractivity contribution in [2.75, 3.05) is 32.8 Å². The number of benzene rings is 2. The molecule has 0 spiro atoms. The van der Waals surface area contributed by atoms with Crippen molar-refractivity contribution < 1.29 is 24.8 Å². The molecule has 4 N–H and O–H groups in total. The number of halogens is 2. The quantitative estimate of drug-likeness (QED) is 0.0864. The van der Waals surface area contributed by atoms with E-state index in [1.165, 1.54) is 6.20 Å². The Morgan fingerprint density at radius 1 is 0.981 bits per heavy atom. The molecule has 3 aromatic heterocycles. The Kier molecular flexibility index (Phi) is 13.0. The molecule has 12 nitrogen and oxygen atoms in total. The van der Waals surface area contributed by atoms with E-state index in [4.69, 9.17) is 26.2 Å². The Labute approximate surface area is 322 Å². The lowest BCUT2D eigenvalue weighted by molar-refractivity contribution is 0.103. The molecule has 5 aromatic rings. The zero-order chi connectivity index (χ0) is 37.4. The van der Waals surface area contributed by atoms with Crippen molar-refractivity contribution in [2.24, 2.45) is 0 Å². The Morgan fingerprint density at radius 2 is 1.77 bits per heavy atom. The number of rotatable bonds is 17. The number of likely N-dealkylation sites (tertiary alicyclic amines) is 1. The van der Waals surface area contributed by atoms with E-state index < -0.39 is 5.54 Å². The van der Waals surface area contributed by atoms with Crippen LogP contribution in [-0.2, 0) is 26.3 Å². The van der Waals surface area contributed by atoms with Crippen molar-refractivity contribution in [2.45, 2.75) is 64.1 Å². The molecule has 1 aliphatic rings. The van der Waals surface area contributed by atoms with Crippen LogP contribution in [0.1, 0.15) is 48.4 Å². The molecule has 0 bridgehead atoms. The van der Waals surface area contributed by atoms with Gasteiger partial charge < -0.3 is 35.0 Å². The fourth-order valence-electron chi connectivity index (χ4n) is 6.27. The summed E-state index contributed by atoms with van der Waals surface area (Å²) >= 11 is 10.6. The van der Waals surface area contributed by atoms with Crippen LogP contribution in [-0.4, -0.2) is 84.5 Å². The van der Waals surface area contributed by atoms with Crippen LogP contribution in [0.5, 0.6) is 11.5 Å². The molecule has 14 heteroatoms. The van der Waals surface area contributed by atoms with E-state index in [-0.39, 0.29) is 39.1 Å². The molecule has 1 fully saturated rings. The smallest absolute Gasteiger partial charge is 0.142 e. The molecular weight excluding hydrogens is 762 g/mol. The molecule has 0 aliphatic carbocycles. The van der Waals surface area contributed by atoms with E-state index in [9.17, 15) is 20.6 Å². The average Bonchev–Trinajstić information content (AvgIpc) is 3.80. The largest absolute Gasteiger partial charge is 0.488 e. The number of aryl methyl sites for hydroxylation is 1. The van der Waals surface area contributed by atoms with E-state index in [2.05, 4.69) is 42.2 Å². The molecule has 0 unspecified atom stereocenters. The van der Waals surface area contributed by atoms with Gasteiger partial charge >= 0.3 is 0 Å². The van der Waals surface area contributed by atoms with Gasteiger partial charge in [-0.1, -0.05) is 29.8 Å². The lowest BCUT2D eigenvalue weighted by atomic mass is 10.0. The van der Waals surface area contributed by atoms with Gasteiger partial charge in [-0.2, -0.15) is 10.4 Å². The maximum Gasteiger partial charge on any atom is 0.142 e. The van der Waals surface area contributed by atoms with Crippen molar-refractivity contribution in [3.05, 3.63) is 99.1 Å². The third-order valence-corrected chi connectivity index (χ3v) is 10.7. The number of ether oxygens (including phenoxy) is 2. The number of nitriles is 1. The molecule has 0 radical (unpaired) electrons. The van der Waals surface area contributed by atoms with E-state index >= 15 is 0 Å². The molecule has 1 aliphatic heterocycles. The van der Waals surface area contributed by atoms with Crippen molar-refractivity contribution in [1.82, 2.24) is 30.0 Å². The minimum absolute atomic E-state index is 0.140. The minimum Gasteiger partial charge on any atom is -0.488 e. The fourth-order valence-corrected chi connectivity index (χ4v) is 7.10. The zero-order valence-electron chi connectivity index (χ0n) is 29.5. The first-order chi connectivity index (χ1) is 25.7. The molecule has 278 valence electrons. The zero-order valence-corrected chi connectivity index (χ0v) is 31.9. The minimum atomic E-state index is -0.918. The van der Waals surface area contributed by atoms with Gasteiger partial charge in [-0.15, -0.1) is 0 Å². The first-order valence-corrected chi connectivity index (χ1v) is 18.7. The Bertz CT molecular complexity index is 2070. The second-order valence-corrected chi connectivity index (χ2v) is 14.8. The van der Waals surface area contributed by atoms with Gasteiger partial charge in [0.1, 0.15) is 30.8 Å². The highest BCUT2D eigenvalue weighted by atomic mass is 79.9. The van der Waals surface area contributed by atoms with Crippen LogP contribution < -0.4 is 14.8 Å². The van der Waals surface area contributed by atoms with E-state index in [0.29, 0.717) is 33.2 Å². The predicted octanol–water partition coefficient (Wildman–Crippen LogP) is 5.62. The number of β-amino-alcohol motifs (C(OH)–C–C–N with tert-alkyl or cyclic N) is 1. The van der Waals surface area contributed by atoms with Crippen LogP contribution >= 0.6 is 27.5 Å². The van der Waals surface area contributed by atoms with Gasteiger partial charge in [-0.3, -0.25) is 14.6 Å². The number of aliphatic hydroxyl groups is 3. The summed E-state index contributed by atoms with van der Waals surface area (Å²) in [7, 11) is 0. The Morgan fingerprint density at radius 3 is 2.55 bits per heavy atom. The van der Waals surface area contributed by atoms with Crippen LogP contribution in [0.25, 0.3) is 22.0 Å². The van der Waals surface area contributed by atoms with Crippen LogP contribution in [0.15, 0.2) is 71.9 Å². The molecule has 2 aromatic carbocycles. The first kappa shape index (κ1) is 38.6. The molecule has 0 amide bonds. The van der Waals surface area contributed by atoms with Crippen LogP contribution in [0.2, 0.25) is 5.02 Å². The number of unbranched alkanes of at least 4 members (excludes halogenated alkanes) is 1. The van der Waals surface area contributed by atoms with Crippen LogP contribution in [0.4, 0.5) is 0 Å². The molecule has 1 saturated heterocycles. The summed E-state index contributed by atoms with van der Waals surface area (Å²) < 4.78 is 15.4. The predicted molar refractivity (Wildman–Crippen MR) is 205 cm³/mol. The van der Waals surface area contributed by atoms with Crippen molar-refractivity contribution in [3.8, 4) is 28.7 Å². The summed E-state index contributed by atoms with van der Waals surface area (Å²) in [6.07, 6.45) is 11.4. The fraction of sp³-hybridized carbons (Fsp3) is 0.385. The van der Waals surface area contributed by atoms with E-state index in [0.717, 1.165) is 77.5 Å². The molecule has 4 heterocycles. The highest BCUT2D eigenvalue weighted by Gasteiger charge is 2.23. The van der Waals surface area contributed by atoms with Gasteiger partial charge in [0.25, 0.3) is 0 Å². The van der Waals surface area contributed by atoms with Crippen LogP contribution in [0, 0.1) is 11.3 Å². The molecular formula is C39H43BrClN7O5. The summed E-state index contributed by atoms with van der Waals surface area (Å²) in [5.74, 6) is 0.888. The summed E-state index contributed by atoms with van der Waals surface area (Å²) in [4.78, 5) is 11.0. The summed E-state index contributed by atoms with van der Waals surface area (Å²) in [5, 5.41) is 48.0. The van der Waals surface area contributed by atoms with Gasteiger partial charge in [-0.05, 0) is 66.4 Å². The molecule has 53 heavy (non-hydrogen) atoms. The van der Waals surface area contributed by atoms with Gasteiger partial charge in [0.2, 0.25) is 0 Å². The number of fused-ring (bicyclic) bond motifs is 1. The van der Waals surface area contributed by atoms with Crippen molar-refractivity contribution in [1.29, 1.82) is 5.26 Å². The number of hydrogen-bond acceptors (Lipinski definition) is 11. The second kappa shape index (κ2) is 17.8. The second-order valence-electron chi connectivity index (χ2n) is 13.6. The number of aromatic nitrogens is 4. The Balaban J connectivity index is 1.18.